The average molecular weight is 397 g/mol. The summed E-state index contributed by atoms with van der Waals surface area (Å²) in [4.78, 5) is 12.7. The van der Waals surface area contributed by atoms with E-state index in [0.29, 0.717) is 17.9 Å². The molecule has 1 saturated heterocycles. The van der Waals surface area contributed by atoms with Crippen molar-refractivity contribution in [1.29, 1.82) is 0 Å². The van der Waals surface area contributed by atoms with Crippen LogP contribution in [0.1, 0.15) is 29.3 Å². The SMILES string of the molecule is C=C(OC(=O)c1ccccc1)[C@@]12CN(S(=O)(=O)c3ccc(C)cc3)C[C@]1(C)C2. The first-order valence-corrected chi connectivity index (χ1v) is 10.7. The van der Waals surface area contributed by atoms with E-state index in [1.165, 1.54) is 4.31 Å². The minimum Gasteiger partial charge on any atom is -0.427 e. The monoisotopic (exact) mass is 397 g/mol. The second-order valence-electron chi connectivity index (χ2n) is 8.08. The molecule has 1 aliphatic carbocycles. The lowest BCUT2D eigenvalue weighted by molar-refractivity contribution is 0.0574. The largest absolute Gasteiger partial charge is 0.427 e. The molecule has 2 fully saturated rings. The highest BCUT2D eigenvalue weighted by atomic mass is 32.2. The number of rotatable bonds is 5. The molecule has 0 amide bonds. The van der Waals surface area contributed by atoms with Gasteiger partial charge in [0, 0.05) is 18.5 Å². The summed E-state index contributed by atoms with van der Waals surface area (Å²) in [6.07, 6.45) is 0.765. The molecule has 146 valence electrons. The number of nitrogens with zero attached hydrogens (tertiary/aromatic N) is 1. The number of piperidine rings is 1. The van der Waals surface area contributed by atoms with Gasteiger partial charge in [0.25, 0.3) is 0 Å². The Labute approximate surface area is 165 Å². The molecule has 5 nitrogen and oxygen atoms in total. The topological polar surface area (TPSA) is 63.7 Å². The normalized spacial score (nSPS) is 26.5. The highest BCUT2D eigenvalue weighted by molar-refractivity contribution is 7.89. The summed E-state index contributed by atoms with van der Waals surface area (Å²) < 4.78 is 33.1. The minimum absolute atomic E-state index is 0.265. The molecular weight excluding hydrogens is 374 g/mol. The highest BCUT2D eigenvalue weighted by Crippen LogP contribution is 2.72. The predicted molar refractivity (Wildman–Crippen MR) is 106 cm³/mol. The Morgan fingerprint density at radius 1 is 1.07 bits per heavy atom. The molecule has 6 heteroatoms. The molecule has 28 heavy (non-hydrogen) atoms. The summed E-state index contributed by atoms with van der Waals surface area (Å²) in [5, 5.41) is 0. The van der Waals surface area contributed by atoms with Gasteiger partial charge in [-0.3, -0.25) is 0 Å². The predicted octanol–water partition coefficient (Wildman–Crippen LogP) is 3.77. The van der Waals surface area contributed by atoms with Gasteiger partial charge in [0.05, 0.1) is 10.5 Å². The zero-order valence-corrected chi connectivity index (χ0v) is 16.8. The molecule has 0 N–H and O–H groups in total. The van der Waals surface area contributed by atoms with Crippen molar-refractivity contribution in [2.24, 2.45) is 10.8 Å². The summed E-state index contributed by atoms with van der Waals surface area (Å²) in [5.74, 6) is -0.112. The third-order valence-electron chi connectivity index (χ3n) is 6.11. The Bertz CT molecular complexity index is 1050. The van der Waals surface area contributed by atoms with Crippen LogP contribution in [-0.2, 0) is 14.8 Å². The maximum atomic E-state index is 13.1. The van der Waals surface area contributed by atoms with Gasteiger partial charge in [0.1, 0.15) is 5.76 Å². The minimum atomic E-state index is -3.60. The lowest BCUT2D eigenvalue weighted by Gasteiger charge is -2.21. The fourth-order valence-corrected chi connectivity index (χ4v) is 5.84. The highest BCUT2D eigenvalue weighted by Gasteiger charge is 2.73. The van der Waals surface area contributed by atoms with Gasteiger partial charge < -0.3 is 4.74 Å². The van der Waals surface area contributed by atoms with Crippen molar-refractivity contribution >= 4 is 16.0 Å². The van der Waals surface area contributed by atoms with Gasteiger partial charge in [0.15, 0.2) is 0 Å². The molecule has 2 aliphatic rings. The van der Waals surface area contributed by atoms with Crippen LogP contribution in [0, 0.1) is 17.8 Å². The summed E-state index contributed by atoms with van der Waals surface area (Å²) >= 11 is 0. The smallest absolute Gasteiger partial charge is 0.343 e. The van der Waals surface area contributed by atoms with Crippen LogP contribution in [0.2, 0.25) is 0 Å². The molecule has 1 heterocycles. The van der Waals surface area contributed by atoms with Gasteiger partial charge in [-0.25, -0.2) is 13.2 Å². The molecule has 0 spiro atoms. The van der Waals surface area contributed by atoms with E-state index in [1.807, 2.05) is 19.9 Å². The van der Waals surface area contributed by atoms with E-state index >= 15 is 0 Å². The van der Waals surface area contributed by atoms with E-state index in [0.717, 1.165) is 12.0 Å². The molecule has 0 unspecified atom stereocenters. The number of carbonyl (C=O) groups excluding carboxylic acids is 1. The van der Waals surface area contributed by atoms with Crippen LogP contribution < -0.4 is 0 Å². The molecule has 1 aliphatic heterocycles. The quantitative estimate of drug-likeness (QED) is 0.569. The number of hydrogen-bond acceptors (Lipinski definition) is 4. The second kappa shape index (κ2) is 6.29. The maximum Gasteiger partial charge on any atom is 0.343 e. The number of aryl methyl sites for hydroxylation is 1. The summed E-state index contributed by atoms with van der Waals surface area (Å²) in [6.45, 7) is 8.62. The Balaban J connectivity index is 1.53. The fourth-order valence-electron chi connectivity index (χ4n) is 4.22. The van der Waals surface area contributed by atoms with Crippen molar-refractivity contribution in [3.05, 3.63) is 78.1 Å². The Hall–Kier alpha value is -2.44. The van der Waals surface area contributed by atoms with Crippen molar-refractivity contribution in [2.45, 2.75) is 25.2 Å². The number of carbonyl (C=O) groups is 1. The molecule has 2 aromatic carbocycles. The fraction of sp³-hybridized carbons (Fsp3) is 0.318. The number of ether oxygens (including phenoxy) is 1. The molecule has 2 aromatic rings. The molecule has 2 atom stereocenters. The van der Waals surface area contributed by atoms with Crippen LogP contribution in [-0.4, -0.2) is 31.8 Å². The van der Waals surface area contributed by atoms with Crippen molar-refractivity contribution in [3.63, 3.8) is 0 Å². The van der Waals surface area contributed by atoms with Crippen molar-refractivity contribution in [1.82, 2.24) is 4.31 Å². The maximum absolute atomic E-state index is 13.1. The zero-order valence-electron chi connectivity index (χ0n) is 16.0. The number of sulfonamides is 1. The van der Waals surface area contributed by atoms with Gasteiger partial charge in [-0.1, -0.05) is 49.4 Å². The molecule has 0 bridgehead atoms. The summed E-state index contributed by atoms with van der Waals surface area (Å²) in [6, 6.07) is 15.6. The van der Waals surface area contributed by atoms with Gasteiger partial charge in [-0.15, -0.1) is 0 Å². The van der Waals surface area contributed by atoms with E-state index in [2.05, 4.69) is 6.58 Å². The number of esters is 1. The second-order valence-corrected chi connectivity index (χ2v) is 10.0. The Morgan fingerprint density at radius 3 is 2.36 bits per heavy atom. The van der Waals surface area contributed by atoms with Crippen LogP contribution in [0.15, 0.2) is 71.8 Å². The standard InChI is InChI=1S/C22H23NO4S/c1-16-9-11-19(12-10-16)28(25,26)23-14-21(3)13-22(21,15-23)17(2)27-20(24)18-7-5-4-6-8-18/h4-12H,2,13-15H2,1,3H3/t21-,22+/m0/s1. The van der Waals surface area contributed by atoms with E-state index in [-0.39, 0.29) is 16.9 Å². The lowest BCUT2D eigenvalue weighted by Crippen LogP contribution is -2.33. The number of benzene rings is 2. The van der Waals surface area contributed by atoms with Crippen LogP contribution in [0.25, 0.3) is 0 Å². The van der Waals surface area contributed by atoms with E-state index in [4.69, 9.17) is 4.74 Å². The first kappa shape index (κ1) is 18.9. The molecule has 1 saturated carbocycles. The first-order chi connectivity index (χ1) is 13.2. The van der Waals surface area contributed by atoms with E-state index in [1.54, 1.807) is 48.5 Å². The molecule has 4 rings (SSSR count). The van der Waals surface area contributed by atoms with E-state index in [9.17, 15) is 13.2 Å². The van der Waals surface area contributed by atoms with Crippen molar-refractivity contribution < 1.29 is 17.9 Å². The number of hydrogen-bond donors (Lipinski definition) is 0. The van der Waals surface area contributed by atoms with Crippen LogP contribution in [0.3, 0.4) is 0 Å². The van der Waals surface area contributed by atoms with Gasteiger partial charge >= 0.3 is 5.97 Å². The van der Waals surface area contributed by atoms with Crippen LogP contribution in [0.5, 0.6) is 0 Å². The summed E-state index contributed by atoms with van der Waals surface area (Å²) in [5.41, 5.74) is 0.672. The molecular formula is C22H23NO4S. The lowest BCUT2D eigenvalue weighted by atomic mass is 9.96. The van der Waals surface area contributed by atoms with E-state index < -0.39 is 21.4 Å². The first-order valence-electron chi connectivity index (χ1n) is 9.21. The number of fused-ring (bicyclic) bond motifs is 1. The average Bonchev–Trinajstić information content (AvgIpc) is 3.15. The Kier molecular flexibility index (Phi) is 4.25. The van der Waals surface area contributed by atoms with Gasteiger partial charge in [-0.2, -0.15) is 4.31 Å². The van der Waals surface area contributed by atoms with Gasteiger partial charge in [0.2, 0.25) is 10.0 Å². The van der Waals surface area contributed by atoms with Crippen LogP contribution >= 0.6 is 0 Å². The molecule has 0 radical (unpaired) electrons. The third-order valence-corrected chi connectivity index (χ3v) is 7.92. The third kappa shape index (κ3) is 2.88. The Morgan fingerprint density at radius 2 is 1.71 bits per heavy atom. The van der Waals surface area contributed by atoms with Crippen molar-refractivity contribution in [2.75, 3.05) is 13.1 Å². The van der Waals surface area contributed by atoms with Gasteiger partial charge in [-0.05, 0) is 43.0 Å². The molecule has 0 aromatic heterocycles. The van der Waals surface area contributed by atoms with Crippen LogP contribution in [0.4, 0.5) is 0 Å². The van der Waals surface area contributed by atoms with Crippen molar-refractivity contribution in [3.8, 4) is 0 Å². The summed E-state index contributed by atoms with van der Waals surface area (Å²) in [7, 11) is -3.60. The zero-order chi connectivity index (χ0) is 20.2.